The predicted molar refractivity (Wildman–Crippen MR) is 58.1 cm³/mol. The third kappa shape index (κ3) is 2.86. The Labute approximate surface area is 87.5 Å². The first-order valence-electron chi connectivity index (χ1n) is 4.28. The van der Waals surface area contributed by atoms with E-state index < -0.39 is 0 Å². The fraction of sp³-hybridized carbons (Fsp3) is 0.667. The summed E-state index contributed by atoms with van der Waals surface area (Å²) >= 11 is 2.28. The lowest BCUT2D eigenvalue weighted by Gasteiger charge is -2.06. The van der Waals surface area contributed by atoms with Crippen molar-refractivity contribution in [3.05, 3.63) is 12.7 Å². The van der Waals surface area contributed by atoms with Crippen LogP contribution in [0.25, 0.3) is 0 Å². The van der Waals surface area contributed by atoms with Gasteiger partial charge < -0.3 is 0 Å². The molecule has 0 bridgehead atoms. The van der Waals surface area contributed by atoms with Crippen molar-refractivity contribution in [2.75, 3.05) is 13.1 Å². The number of ketones is 1. The molecular weight excluding hydrogens is 265 g/mol. The smallest absolute Gasteiger partial charge is 0.137 e. The molecule has 0 spiro atoms. The summed E-state index contributed by atoms with van der Waals surface area (Å²) in [5, 5.41) is 0. The molecule has 1 heterocycles. The molecule has 1 atom stereocenters. The van der Waals surface area contributed by atoms with Gasteiger partial charge >= 0.3 is 0 Å². The summed E-state index contributed by atoms with van der Waals surface area (Å²) < 4.78 is 2.19. The average molecular weight is 279 g/mol. The lowest BCUT2D eigenvalue weighted by molar-refractivity contribution is -0.122. The van der Waals surface area contributed by atoms with E-state index in [1.807, 2.05) is 6.08 Å². The molecule has 0 unspecified atom stereocenters. The molecule has 1 saturated heterocycles. The molecule has 0 saturated carbocycles. The van der Waals surface area contributed by atoms with Crippen LogP contribution in [0.3, 0.4) is 0 Å². The first-order valence-corrected chi connectivity index (χ1v) is 5.25. The minimum absolute atomic E-state index is 0.293. The summed E-state index contributed by atoms with van der Waals surface area (Å²) in [5.74, 6) is 0.705. The summed E-state index contributed by atoms with van der Waals surface area (Å²) in [4.78, 5) is 11.5. The molecule has 68 valence electrons. The Kier molecular flexibility index (Phi) is 4.21. The molecule has 0 radical (unpaired) electrons. The maximum absolute atomic E-state index is 11.5. The first-order chi connectivity index (χ1) is 5.74. The Morgan fingerprint density at radius 2 is 2.50 bits per heavy atom. The van der Waals surface area contributed by atoms with E-state index in [0.29, 0.717) is 18.1 Å². The second kappa shape index (κ2) is 4.97. The molecule has 1 aliphatic rings. The van der Waals surface area contributed by atoms with Crippen molar-refractivity contribution in [1.82, 2.24) is 3.11 Å². The van der Waals surface area contributed by atoms with E-state index in [1.54, 1.807) is 0 Å². The summed E-state index contributed by atoms with van der Waals surface area (Å²) in [6, 6.07) is 0. The van der Waals surface area contributed by atoms with Crippen LogP contribution in [0, 0.1) is 5.92 Å². The maximum Gasteiger partial charge on any atom is 0.137 e. The molecule has 0 aliphatic carbocycles. The number of carbonyl (C=O) groups is 1. The zero-order chi connectivity index (χ0) is 8.97. The fourth-order valence-corrected chi connectivity index (χ4v) is 2.18. The van der Waals surface area contributed by atoms with Crippen molar-refractivity contribution in [2.24, 2.45) is 5.92 Å². The van der Waals surface area contributed by atoms with Crippen LogP contribution in [-0.2, 0) is 4.79 Å². The summed E-state index contributed by atoms with van der Waals surface area (Å²) in [6.45, 7) is 5.61. The van der Waals surface area contributed by atoms with Crippen molar-refractivity contribution in [3.63, 3.8) is 0 Å². The van der Waals surface area contributed by atoms with Crippen LogP contribution in [0.15, 0.2) is 12.7 Å². The number of allylic oxidation sites excluding steroid dienone is 1. The minimum Gasteiger partial charge on any atom is -0.299 e. The highest BCUT2D eigenvalue weighted by atomic mass is 127. The van der Waals surface area contributed by atoms with E-state index in [0.717, 1.165) is 25.9 Å². The van der Waals surface area contributed by atoms with Crippen molar-refractivity contribution in [3.8, 4) is 0 Å². The molecule has 3 heteroatoms. The number of carbonyl (C=O) groups excluding carboxylic acids is 1. The zero-order valence-corrected chi connectivity index (χ0v) is 9.29. The third-order valence-electron chi connectivity index (χ3n) is 2.19. The van der Waals surface area contributed by atoms with Gasteiger partial charge in [-0.15, -0.1) is 6.58 Å². The van der Waals surface area contributed by atoms with Gasteiger partial charge in [0.15, 0.2) is 0 Å². The fourth-order valence-electron chi connectivity index (χ4n) is 1.43. The number of rotatable bonds is 4. The molecular formula is C9H14INO. The number of hydrogen-bond donors (Lipinski definition) is 0. The SMILES string of the molecule is C=CCCC(=O)[C@@H]1CCN(I)C1. The van der Waals surface area contributed by atoms with Crippen LogP contribution in [0.5, 0.6) is 0 Å². The summed E-state index contributed by atoms with van der Waals surface area (Å²) in [7, 11) is 0. The molecule has 1 aliphatic heterocycles. The normalized spacial score (nSPS) is 24.2. The van der Waals surface area contributed by atoms with Crippen LogP contribution in [0.2, 0.25) is 0 Å². The van der Waals surface area contributed by atoms with E-state index in [9.17, 15) is 4.79 Å². The Balaban J connectivity index is 2.28. The lowest BCUT2D eigenvalue weighted by atomic mass is 10.00. The van der Waals surface area contributed by atoms with E-state index >= 15 is 0 Å². The monoisotopic (exact) mass is 279 g/mol. The van der Waals surface area contributed by atoms with Crippen molar-refractivity contribution in [2.45, 2.75) is 19.3 Å². The van der Waals surface area contributed by atoms with Crippen LogP contribution < -0.4 is 0 Å². The number of halogens is 1. The van der Waals surface area contributed by atoms with Crippen molar-refractivity contribution in [1.29, 1.82) is 0 Å². The van der Waals surface area contributed by atoms with Crippen LogP contribution in [0.1, 0.15) is 19.3 Å². The molecule has 1 rings (SSSR count). The van der Waals surface area contributed by atoms with E-state index in [1.165, 1.54) is 0 Å². The van der Waals surface area contributed by atoms with Crippen LogP contribution in [0.4, 0.5) is 0 Å². The van der Waals surface area contributed by atoms with Crippen LogP contribution in [-0.4, -0.2) is 22.0 Å². The van der Waals surface area contributed by atoms with Crippen molar-refractivity contribution >= 4 is 28.6 Å². The van der Waals surface area contributed by atoms with Gasteiger partial charge in [-0.05, 0) is 12.8 Å². The third-order valence-corrected chi connectivity index (χ3v) is 3.07. The Morgan fingerprint density at radius 1 is 1.75 bits per heavy atom. The topological polar surface area (TPSA) is 20.3 Å². The standard InChI is InChI=1S/C9H14INO/c1-2-3-4-9(12)8-5-6-11(10)7-8/h2,8H,1,3-7H2/t8-/m1/s1. The first kappa shape index (κ1) is 10.2. The Bertz CT molecular complexity index is 181. The van der Waals surface area contributed by atoms with Gasteiger partial charge in [0.25, 0.3) is 0 Å². The second-order valence-electron chi connectivity index (χ2n) is 3.15. The molecule has 0 aromatic heterocycles. The van der Waals surface area contributed by atoms with E-state index in [2.05, 4.69) is 32.6 Å². The molecule has 0 aromatic rings. The summed E-state index contributed by atoms with van der Waals surface area (Å²) in [6.07, 6.45) is 4.36. The number of nitrogens with zero attached hydrogens (tertiary/aromatic N) is 1. The molecule has 1 fully saturated rings. The molecule has 0 N–H and O–H groups in total. The Hall–Kier alpha value is 0.1000. The van der Waals surface area contributed by atoms with Gasteiger partial charge in [-0.2, -0.15) is 0 Å². The Morgan fingerprint density at radius 3 is 3.00 bits per heavy atom. The summed E-state index contributed by atoms with van der Waals surface area (Å²) in [5.41, 5.74) is 0. The highest BCUT2D eigenvalue weighted by molar-refractivity contribution is 14.1. The lowest BCUT2D eigenvalue weighted by Crippen LogP contribution is -2.16. The van der Waals surface area contributed by atoms with E-state index in [4.69, 9.17) is 0 Å². The van der Waals surface area contributed by atoms with Gasteiger partial charge in [0.2, 0.25) is 0 Å². The highest BCUT2D eigenvalue weighted by Gasteiger charge is 2.25. The minimum atomic E-state index is 0.293. The maximum atomic E-state index is 11.5. The predicted octanol–water partition coefficient (Wildman–Crippen LogP) is 2.19. The van der Waals surface area contributed by atoms with Gasteiger partial charge in [0, 0.05) is 48.3 Å². The van der Waals surface area contributed by atoms with Crippen molar-refractivity contribution < 1.29 is 4.79 Å². The number of Topliss-reactive ketones (excluding diaryl/α,β-unsaturated/α-hetero) is 1. The highest BCUT2D eigenvalue weighted by Crippen LogP contribution is 2.21. The molecule has 0 amide bonds. The molecule has 12 heavy (non-hydrogen) atoms. The number of hydrogen-bond acceptors (Lipinski definition) is 2. The van der Waals surface area contributed by atoms with Gasteiger partial charge in [0.05, 0.1) is 0 Å². The van der Waals surface area contributed by atoms with Gasteiger partial charge in [-0.1, -0.05) is 6.08 Å². The van der Waals surface area contributed by atoms with Gasteiger partial charge in [-0.25, -0.2) is 3.11 Å². The van der Waals surface area contributed by atoms with Gasteiger partial charge in [0.1, 0.15) is 5.78 Å². The van der Waals surface area contributed by atoms with Gasteiger partial charge in [-0.3, -0.25) is 4.79 Å². The molecule has 2 nitrogen and oxygen atoms in total. The molecule has 0 aromatic carbocycles. The zero-order valence-electron chi connectivity index (χ0n) is 7.13. The second-order valence-corrected chi connectivity index (χ2v) is 4.51. The van der Waals surface area contributed by atoms with E-state index in [-0.39, 0.29) is 0 Å². The largest absolute Gasteiger partial charge is 0.299 e. The van der Waals surface area contributed by atoms with Crippen LogP contribution >= 0.6 is 22.9 Å². The quantitative estimate of drug-likeness (QED) is 0.446. The average Bonchev–Trinajstić information content (AvgIpc) is 2.47.